The van der Waals surface area contributed by atoms with Crippen molar-refractivity contribution >= 4 is 29.3 Å². The van der Waals surface area contributed by atoms with Gasteiger partial charge in [-0.15, -0.1) is 0 Å². The molecule has 2 aromatic rings. The van der Waals surface area contributed by atoms with Crippen LogP contribution in [0.4, 0.5) is 5.95 Å². The quantitative estimate of drug-likeness (QED) is 0.871. The number of rotatable bonds is 4. The summed E-state index contributed by atoms with van der Waals surface area (Å²) in [5, 5.41) is 4.14. The second kappa shape index (κ2) is 5.93. The fraction of sp³-hybridized carbons (Fsp3) is 0.167. The van der Waals surface area contributed by atoms with Gasteiger partial charge in [-0.2, -0.15) is 0 Å². The first-order valence-electron chi connectivity index (χ1n) is 5.25. The average Bonchev–Trinajstić information content (AvgIpc) is 2.42. The van der Waals surface area contributed by atoms with E-state index in [0.29, 0.717) is 11.0 Å². The highest BCUT2D eigenvalue weighted by Gasteiger charge is 2.07. The molecule has 0 aliphatic heterocycles. The summed E-state index contributed by atoms with van der Waals surface area (Å²) in [5.41, 5.74) is 0. The molecule has 1 N–H and O–H groups in total. The van der Waals surface area contributed by atoms with Crippen LogP contribution in [0.15, 0.2) is 40.4 Å². The maximum absolute atomic E-state index is 6.06. The van der Waals surface area contributed by atoms with Crippen LogP contribution < -0.4 is 10.1 Å². The summed E-state index contributed by atoms with van der Waals surface area (Å²) >= 11 is 7.55. The molecule has 0 spiro atoms. The summed E-state index contributed by atoms with van der Waals surface area (Å²) in [6.07, 6.45) is 1.59. The predicted octanol–water partition coefficient (Wildman–Crippen LogP) is 3.33. The summed E-state index contributed by atoms with van der Waals surface area (Å²) in [6.45, 7) is 0. The van der Waals surface area contributed by atoms with Gasteiger partial charge < -0.3 is 10.1 Å². The van der Waals surface area contributed by atoms with Gasteiger partial charge in [-0.3, -0.25) is 0 Å². The van der Waals surface area contributed by atoms with E-state index in [0.717, 1.165) is 15.7 Å². The smallest absolute Gasteiger partial charge is 0.223 e. The first kappa shape index (κ1) is 13.0. The van der Waals surface area contributed by atoms with Gasteiger partial charge in [0.25, 0.3) is 0 Å². The molecule has 0 aliphatic carbocycles. The molecular weight excluding hydrogens is 270 g/mol. The van der Waals surface area contributed by atoms with Crippen molar-refractivity contribution in [3.05, 3.63) is 35.5 Å². The highest BCUT2D eigenvalue weighted by Crippen LogP contribution is 2.32. The normalized spacial score (nSPS) is 10.2. The van der Waals surface area contributed by atoms with Gasteiger partial charge in [0.1, 0.15) is 10.8 Å². The molecule has 1 aromatic heterocycles. The number of hydrogen-bond acceptors (Lipinski definition) is 5. The molecule has 0 fully saturated rings. The number of halogens is 1. The summed E-state index contributed by atoms with van der Waals surface area (Å²) in [7, 11) is 3.41. The largest absolute Gasteiger partial charge is 0.497 e. The van der Waals surface area contributed by atoms with E-state index in [9.17, 15) is 0 Å². The lowest BCUT2D eigenvalue weighted by molar-refractivity contribution is 0.414. The topological polar surface area (TPSA) is 47.0 Å². The Labute approximate surface area is 115 Å². The zero-order chi connectivity index (χ0) is 13.0. The minimum absolute atomic E-state index is 0.537. The molecule has 0 atom stereocenters. The van der Waals surface area contributed by atoms with Crippen LogP contribution in [0.5, 0.6) is 5.75 Å². The Balaban J connectivity index is 2.21. The molecule has 0 bridgehead atoms. The third-order valence-corrected chi connectivity index (χ3v) is 3.61. The molecule has 4 nitrogen and oxygen atoms in total. The zero-order valence-corrected chi connectivity index (χ0v) is 11.5. The van der Waals surface area contributed by atoms with Gasteiger partial charge in [-0.25, -0.2) is 9.97 Å². The first-order chi connectivity index (χ1) is 8.72. The Hall–Kier alpha value is -1.46. The van der Waals surface area contributed by atoms with E-state index in [1.165, 1.54) is 11.8 Å². The van der Waals surface area contributed by atoms with Crippen molar-refractivity contribution in [2.45, 2.75) is 9.92 Å². The van der Waals surface area contributed by atoms with Crippen LogP contribution in [-0.4, -0.2) is 24.1 Å². The number of anilines is 1. The van der Waals surface area contributed by atoms with Crippen molar-refractivity contribution in [3.63, 3.8) is 0 Å². The van der Waals surface area contributed by atoms with Gasteiger partial charge in [0.2, 0.25) is 5.95 Å². The van der Waals surface area contributed by atoms with E-state index in [-0.39, 0.29) is 0 Å². The molecule has 0 aliphatic rings. The molecule has 6 heteroatoms. The second-order valence-electron chi connectivity index (χ2n) is 3.37. The lowest BCUT2D eigenvalue weighted by Crippen LogP contribution is -1.96. The van der Waals surface area contributed by atoms with E-state index >= 15 is 0 Å². The maximum atomic E-state index is 6.06. The number of benzene rings is 1. The van der Waals surface area contributed by atoms with E-state index in [2.05, 4.69) is 15.3 Å². The summed E-state index contributed by atoms with van der Waals surface area (Å²) < 4.78 is 5.11. The van der Waals surface area contributed by atoms with Crippen molar-refractivity contribution in [1.82, 2.24) is 9.97 Å². The molecule has 0 radical (unpaired) electrons. The molecule has 0 unspecified atom stereocenters. The van der Waals surface area contributed by atoms with Crippen LogP contribution in [0.2, 0.25) is 5.02 Å². The summed E-state index contributed by atoms with van der Waals surface area (Å²) in [4.78, 5) is 9.39. The van der Waals surface area contributed by atoms with E-state index in [4.69, 9.17) is 16.3 Å². The number of methoxy groups -OCH3 is 1. The van der Waals surface area contributed by atoms with Crippen LogP contribution >= 0.6 is 23.4 Å². The molecule has 94 valence electrons. The van der Waals surface area contributed by atoms with E-state index in [1.807, 2.05) is 24.3 Å². The van der Waals surface area contributed by atoms with Gasteiger partial charge in [-0.05, 0) is 24.3 Å². The van der Waals surface area contributed by atoms with Crippen molar-refractivity contribution < 1.29 is 4.74 Å². The summed E-state index contributed by atoms with van der Waals surface area (Å²) in [6, 6.07) is 7.72. The minimum atomic E-state index is 0.537. The van der Waals surface area contributed by atoms with Gasteiger partial charge in [0.05, 0.1) is 18.3 Å². The van der Waals surface area contributed by atoms with E-state index < -0.39 is 0 Å². The van der Waals surface area contributed by atoms with Crippen LogP contribution in [0.25, 0.3) is 0 Å². The van der Waals surface area contributed by atoms with Crippen molar-refractivity contribution in [2.24, 2.45) is 0 Å². The SMILES string of the molecule is CNc1ncc(Cl)c(Sc2ccc(OC)cc2)n1. The van der Waals surface area contributed by atoms with Gasteiger partial charge in [-0.1, -0.05) is 23.4 Å². The lowest BCUT2D eigenvalue weighted by Gasteiger charge is -2.06. The Morgan fingerprint density at radius 3 is 2.61 bits per heavy atom. The van der Waals surface area contributed by atoms with Crippen LogP contribution in [0.3, 0.4) is 0 Å². The average molecular weight is 282 g/mol. The van der Waals surface area contributed by atoms with Gasteiger partial charge in [0, 0.05) is 11.9 Å². The van der Waals surface area contributed by atoms with Crippen molar-refractivity contribution in [1.29, 1.82) is 0 Å². The molecule has 0 amide bonds. The highest BCUT2D eigenvalue weighted by molar-refractivity contribution is 7.99. The zero-order valence-electron chi connectivity index (χ0n) is 9.98. The highest BCUT2D eigenvalue weighted by atomic mass is 35.5. The van der Waals surface area contributed by atoms with Crippen molar-refractivity contribution in [2.75, 3.05) is 19.5 Å². The van der Waals surface area contributed by atoms with Gasteiger partial charge in [0.15, 0.2) is 0 Å². The molecule has 0 saturated heterocycles. The van der Waals surface area contributed by atoms with Crippen LogP contribution in [0, 0.1) is 0 Å². The number of ether oxygens (including phenoxy) is 1. The second-order valence-corrected chi connectivity index (χ2v) is 4.84. The fourth-order valence-corrected chi connectivity index (χ4v) is 2.28. The number of nitrogens with one attached hydrogen (secondary N) is 1. The maximum Gasteiger partial charge on any atom is 0.223 e. The molecule has 0 saturated carbocycles. The fourth-order valence-electron chi connectivity index (χ4n) is 1.30. The van der Waals surface area contributed by atoms with Gasteiger partial charge >= 0.3 is 0 Å². The van der Waals surface area contributed by atoms with Crippen LogP contribution in [0.1, 0.15) is 0 Å². The molecule has 2 rings (SSSR count). The lowest BCUT2D eigenvalue weighted by atomic mass is 10.3. The third-order valence-electron chi connectivity index (χ3n) is 2.21. The molecule has 1 aromatic carbocycles. The predicted molar refractivity (Wildman–Crippen MR) is 73.7 cm³/mol. The molecule has 18 heavy (non-hydrogen) atoms. The number of nitrogens with zero attached hydrogens (tertiary/aromatic N) is 2. The van der Waals surface area contributed by atoms with E-state index in [1.54, 1.807) is 20.4 Å². The molecular formula is C12H12ClN3OS. The van der Waals surface area contributed by atoms with Crippen molar-refractivity contribution in [3.8, 4) is 5.75 Å². The monoisotopic (exact) mass is 281 g/mol. The summed E-state index contributed by atoms with van der Waals surface area (Å²) in [5.74, 6) is 1.37. The first-order valence-corrected chi connectivity index (χ1v) is 6.44. The standard InChI is InChI=1S/C12H12ClN3OS/c1-14-12-15-7-10(13)11(16-12)18-9-5-3-8(17-2)4-6-9/h3-7H,1-2H3,(H,14,15,16). The Morgan fingerprint density at radius 1 is 1.28 bits per heavy atom. The molecule has 1 heterocycles. The Morgan fingerprint density at radius 2 is 2.00 bits per heavy atom. The Bertz CT molecular complexity index is 533. The Kier molecular flexibility index (Phi) is 4.28. The number of aromatic nitrogens is 2. The minimum Gasteiger partial charge on any atom is -0.497 e. The number of hydrogen-bond donors (Lipinski definition) is 1. The van der Waals surface area contributed by atoms with Crippen LogP contribution in [-0.2, 0) is 0 Å². The third kappa shape index (κ3) is 3.05.